The summed E-state index contributed by atoms with van der Waals surface area (Å²) >= 11 is 0. The highest BCUT2D eigenvalue weighted by atomic mass is 16.1. The molecule has 0 bridgehead atoms. The molecule has 0 radical (unpaired) electrons. The fourth-order valence-electron chi connectivity index (χ4n) is 2.45. The zero-order chi connectivity index (χ0) is 13.9. The van der Waals surface area contributed by atoms with Crippen LogP contribution in [-0.4, -0.2) is 17.4 Å². The second-order valence-electron chi connectivity index (χ2n) is 5.04. The molecular formula is C16H17N3O. The van der Waals surface area contributed by atoms with Crippen LogP contribution in [0.5, 0.6) is 0 Å². The van der Waals surface area contributed by atoms with Crippen LogP contribution in [0, 0.1) is 6.92 Å². The third kappa shape index (κ3) is 2.56. The molecule has 1 aromatic carbocycles. The normalized spacial score (nSPS) is 13.7. The number of nitrogens with zero attached hydrogens (tertiary/aromatic N) is 1. The molecule has 0 saturated heterocycles. The van der Waals surface area contributed by atoms with Crippen LogP contribution >= 0.6 is 0 Å². The van der Waals surface area contributed by atoms with Gasteiger partial charge in [0, 0.05) is 18.3 Å². The van der Waals surface area contributed by atoms with Crippen molar-refractivity contribution in [2.45, 2.75) is 19.9 Å². The molecule has 1 amide bonds. The molecule has 0 atom stereocenters. The smallest absolute Gasteiger partial charge is 0.257 e. The summed E-state index contributed by atoms with van der Waals surface area (Å²) in [7, 11) is 0. The van der Waals surface area contributed by atoms with Gasteiger partial charge in [0.15, 0.2) is 0 Å². The Labute approximate surface area is 118 Å². The Morgan fingerprint density at radius 3 is 3.00 bits per heavy atom. The number of benzene rings is 1. The van der Waals surface area contributed by atoms with E-state index in [1.807, 2.05) is 31.2 Å². The Morgan fingerprint density at radius 1 is 1.30 bits per heavy atom. The fraction of sp³-hybridized carbons (Fsp3) is 0.250. The summed E-state index contributed by atoms with van der Waals surface area (Å²) in [5.74, 6) is 0.490. The van der Waals surface area contributed by atoms with Crippen molar-refractivity contribution in [1.29, 1.82) is 0 Å². The number of amides is 1. The first kappa shape index (κ1) is 12.8. The molecule has 2 aromatic rings. The molecular weight excluding hydrogens is 250 g/mol. The number of pyridine rings is 1. The first-order chi connectivity index (χ1) is 9.74. The molecule has 0 fully saturated rings. The lowest BCUT2D eigenvalue weighted by Gasteiger charge is -2.19. The molecule has 0 saturated carbocycles. The van der Waals surface area contributed by atoms with Crippen molar-refractivity contribution in [3.63, 3.8) is 0 Å². The van der Waals surface area contributed by atoms with E-state index in [2.05, 4.69) is 21.7 Å². The van der Waals surface area contributed by atoms with Gasteiger partial charge in [0.1, 0.15) is 5.82 Å². The minimum absolute atomic E-state index is 0.0955. The van der Waals surface area contributed by atoms with E-state index in [0.29, 0.717) is 5.82 Å². The highest BCUT2D eigenvalue weighted by molar-refractivity contribution is 6.05. The quantitative estimate of drug-likeness (QED) is 0.877. The molecule has 4 nitrogen and oxygen atoms in total. The number of aromatic nitrogens is 1. The van der Waals surface area contributed by atoms with Gasteiger partial charge in [-0.25, -0.2) is 4.98 Å². The van der Waals surface area contributed by atoms with Crippen LogP contribution in [0.25, 0.3) is 0 Å². The second-order valence-corrected chi connectivity index (χ2v) is 5.04. The Kier molecular flexibility index (Phi) is 3.48. The standard InChI is InChI=1S/C16H17N3O/c1-11-5-6-15(18-9-11)19-16(20)13-4-2-3-12-7-8-17-10-14(12)13/h2-6,9,17H,7-8,10H2,1H3,(H,18,19,20). The van der Waals surface area contributed by atoms with Crippen molar-refractivity contribution in [2.75, 3.05) is 11.9 Å². The Hall–Kier alpha value is -2.20. The predicted molar refractivity (Wildman–Crippen MR) is 78.8 cm³/mol. The van der Waals surface area contributed by atoms with Crippen LogP contribution in [0.2, 0.25) is 0 Å². The van der Waals surface area contributed by atoms with Gasteiger partial charge in [0.05, 0.1) is 0 Å². The molecule has 0 aliphatic carbocycles. The monoisotopic (exact) mass is 267 g/mol. The average Bonchev–Trinajstić information content (AvgIpc) is 2.49. The van der Waals surface area contributed by atoms with Crippen molar-refractivity contribution in [3.8, 4) is 0 Å². The molecule has 4 heteroatoms. The van der Waals surface area contributed by atoms with E-state index in [1.54, 1.807) is 6.20 Å². The number of aryl methyl sites for hydroxylation is 1. The van der Waals surface area contributed by atoms with Gasteiger partial charge in [0.2, 0.25) is 0 Å². The van der Waals surface area contributed by atoms with Crippen LogP contribution in [0.15, 0.2) is 36.5 Å². The van der Waals surface area contributed by atoms with Gasteiger partial charge in [-0.05, 0) is 48.7 Å². The van der Waals surface area contributed by atoms with Gasteiger partial charge in [-0.2, -0.15) is 0 Å². The number of nitrogens with one attached hydrogen (secondary N) is 2. The lowest BCUT2D eigenvalue weighted by atomic mass is 9.95. The number of carbonyl (C=O) groups excluding carboxylic acids is 1. The number of fused-ring (bicyclic) bond motifs is 1. The molecule has 0 spiro atoms. The van der Waals surface area contributed by atoms with Gasteiger partial charge >= 0.3 is 0 Å². The minimum Gasteiger partial charge on any atom is -0.312 e. The molecule has 20 heavy (non-hydrogen) atoms. The van der Waals surface area contributed by atoms with E-state index in [0.717, 1.165) is 36.2 Å². The van der Waals surface area contributed by atoms with Crippen LogP contribution < -0.4 is 10.6 Å². The summed E-state index contributed by atoms with van der Waals surface area (Å²) in [4.78, 5) is 16.6. The van der Waals surface area contributed by atoms with Gasteiger partial charge in [-0.1, -0.05) is 18.2 Å². The number of hydrogen-bond donors (Lipinski definition) is 2. The number of anilines is 1. The zero-order valence-corrected chi connectivity index (χ0v) is 11.4. The first-order valence-electron chi connectivity index (χ1n) is 6.79. The van der Waals surface area contributed by atoms with Crippen molar-refractivity contribution < 1.29 is 4.79 Å². The topological polar surface area (TPSA) is 54.0 Å². The molecule has 3 rings (SSSR count). The largest absolute Gasteiger partial charge is 0.312 e. The molecule has 0 unspecified atom stereocenters. The van der Waals surface area contributed by atoms with Crippen LogP contribution in [0.3, 0.4) is 0 Å². The maximum Gasteiger partial charge on any atom is 0.257 e. The molecule has 2 heterocycles. The number of hydrogen-bond acceptors (Lipinski definition) is 3. The molecule has 102 valence electrons. The van der Waals surface area contributed by atoms with Crippen LogP contribution in [0.1, 0.15) is 27.0 Å². The van der Waals surface area contributed by atoms with E-state index in [1.165, 1.54) is 5.56 Å². The summed E-state index contributed by atoms with van der Waals surface area (Å²) in [6.07, 6.45) is 2.72. The minimum atomic E-state index is -0.0955. The molecule has 2 N–H and O–H groups in total. The Morgan fingerprint density at radius 2 is 2.20 bits per heavy atom. The van der Waals surface area contributed by atoms with Gasteiger partial charge in [-0.3, -0.25) is 4.79 Å². The Bertz CT molecular complexity index is 635. The number of rotatable bonds is 2. The van der Waals surface area contributed by atoms with Crippen LogP contribution in [0.4, 0.5) is 5.82 Å². The molecule has 1 aliphatic rings. The van der Waals surface area contributed by atoms with E-state index < -0.39 is 0 Å². The molecule has 1 aromatic heterocycles. The van der Waals surface area contributed by atoms with Crippen molar-refractivity contribution in [3.05, 3.63) is 58.8 Å². The summed E-state index contributed by atoms with van der Waals surface area (Å²) in [5, 5.41) is 6.17. The highest BCUT2D eigenvalue weighted by Gasteiger charge is 2.17. The Balaban J connectivity index is 1.85. The maximum atomic E-state index is 12.4. The first-order valence-corrected chi connectivity index (χ1v) is 6.79. The third-order valence-corrected chi connectivity index (χ3v) is 3.54. The predicted octanol–water partition coefficient (Wildman–Crippen LogP) is 2.29. The van der Waals surface area contributed by atoms with Gasteiger partial charge < -0.3 is 10.6 Å². The maximum absolute atomic E-state index is 12.4. The average molecular weight is 267 g/mol. The summed E-state index contributed by atoms with van der Waals surface area (Å²) in [6, 6.07) is 9.67. The van der Waals surface area contributed by atoms with E-state index in [9.17, 15) is 4.79 Å². The van der Waals surface area contributed by atoms with Gasteiger partial charge in [-0.15, -0.1) is 0 Å². The summed E-state index contributed by atoms with van der Waals surface area (Å²) in [5.41, 5.74) is 4.16. The third-order valence-electron chi connectivity index (χ3n) is 3.54. The van der Waals surface area contributed by atoms with E-state index in [4.69, 9.17) is 0 Å². The van der Waals surface area contributed by atoms with E-state index >= 15 is 0 Å². The summed E-state index contributed by atoms with van der Waals surface area (Å²) in [6.45, 7) is 3.69. The van der Waals surface area contributed by atoms with Crippen LogP contribution in [-0.2, 0) is 13.0 Å². The van der Waals surface area contributed by atoms with Crippen molar-refractivity contribution in [2.24, 2.45) is 0 Å². The number of carbonyl (C=O) groups is 1. The fourth-order valence-corrected chi connectivity index (χ4v) is 2.45. The zero-order valence-electron chi connectivity index (χ0n) is 11.4. The SMILES string of the molecule is Cc1ccc(NC(=O)c2cccc3c2CNCC3)nc1. The highest BCUT2D eigenvalue weighted by Crippen LogP contribution is 2.19. The molecule has 1 aliphatic heterocycles. The lowest BCUT2D eigenvalue weighted by molar-refractivity contribution is 0.102. The lowest BCUT2D eigenvalue weighted by Crippen LogP contribution is -2.27. The summed E-state index contributed by atoms with van der Waals surface area (Å²) < 4.78 is 0. The van der Waals surface area contributed by atoms with Crippen molar-refractivity contribution in [1.82, 2.24) is 10.3 Å². The van der Waals surface area contributed by atoms with E-state index in [-0.39, 0.29) is 5.91 Å². The second kappa shape index (κ2) is 5.43. The van der Waals surface area contributed by atoms with Crippen molar-refractivity contribution >= 4 is 11.7 Å². The van der Waals surface area contributed by atoms with Gasteiger partial charge in [0.25, 0.3) is 5.91 Å².